The zero-order valence-corrected chi connectivity index (χ0v) is 15.8. The number of hydrazine groups is 2. The fourth-order valence-electron chi connectivity index (χ4n) is 2.56. The average Bonchev–Trinajstić information content (AvgIpc) is 2.73. The molecule has 2 aromatic carbocycles. The normalized spacial score (nSPS) is 10.1. The smallest absolute Gasteiger partial charge is 0.269 e. The van der Waals surface area contributed by atoms with Crippen LogP contribution in [0.15, 0.2) is 60.9 Å². The van der Waals surface area contributed by atoms with Gasteiger partial charge in [-0.2, -0.15) is 0 Å². The highest BCUT2D eigenvalue weighted by molar-refractivity contribution is 5.96. The van der Waals surface area contributed by atoms with Crippen molar-refractivity contribution < 1.29 is 9.59 Å². The van der Waals surface area contributed by atoms with Crippen molar-refractivity contribution in [2.45, 2.75) is 13.3 Å². The van der Waals surface area contributed by atoms with E-state index in [4.69, 9.17) is 5.73 Å². The van der Waals surface area contributed by atoms with Crippen molar-refractivity contribution in [2.75, 3.05) is 16.6 Å². The Kier molecular flexibility index (Phi) is 6.21. The maximum absolute atomic E-state index is 12.3. The van der Waals surface area contributed by atoms with Gasteiger partial charge in [0.15, 0.2) is 11.6 Å². The van der Waals surface area contributed by atoms with Gasteiger partial charge in [0.2, 0.25) is 5.91 Å². The average molecular weight is 391 g/mol. The van der Waals surface area contributed by atoms with E-state index in [1.165, 1.54) is 6.33 Å². The first kappa shape index (κ1) is 19.6. The van der Waals surface area contributed by atoms with Crippen molar-refractivity contribution in [3.05, 3.63) is 77.6 Å². The number of hydrogen-bond donors (Lipinski definition) is 5. The van der Waals surface area contributed by atoms with E-state index >= 15 is 0 Å². The second kappa shape index (κ2) is 9.18. The predicted molar refractivity (Wildman–Crippen MR) is 111 cm³/mol. The van der Waals surface area contributed by atoms with E-state index in [1.807, 2.05) is 49.4 Å². The third kappa shape index (κ3) is 5.19. The SMILES string of the molecule is Cc1ccccc1C(=O)NNc1ncnc(NNC(=O)Cc2ccccc2)c1N. The molecule has 0 saturated heterocycles. The van der Waals surface area contributed by atoms with Gasteiger partial charge in [0.05, 0.1) is 6.42 Å². The maximum atomic E-state index is 12.3. The fraction of sp³-hybridized carbons (Fsp3) is 0.100. The number of nitrogens with two attached hydrogens (primary N) is 1. The summed E-state index contributed by atoms with van der Waals surface area (Å²) in [5, 5.41) is 0. The first-order chi connectivity index (χ1) is 14.0. The molecular formula is C20H21N7O2. The Labute approximate surface area is 167 Å². The molecule has 148 valence electrons. The topological polar surface area (TPSA) is 134 Å². The Morgan fingerprint density at radius 1 is 0.897 bits per heavy atom. The van der Waals surface area contributed by atoms with Gasteiger partial charge in [0.1, 0.15) is 12.0 Å². The van der Waals surface area contributed by atoms with Crippen LogP contribution < -0.4 is 27.4 Å². The Morgan fingerprint density at radius 3 is 2.21 bits per heavy atom. The van der Waals surface area contributed by atoms with Gasteiger partial charge in [-0.3, -0.25) is 31.3 Å². The molecule has 0 aliphatic carbocycles. The van der Waals surface area contributed by atoms with Gasteiger partial charge in [-0.25, -0.2) is 9.97 Å². The van der Waals surface area contributed by atoms with E-state index < -0.39 is 0 Å². The standard InChI is InChI=1S/C20H21N7O2/c1-13-7-5-6-10-15(13)20(29)27-26-19-17(21)18(22-12-23-19)25-24-16(28)11-14-8-3-2-4-9-14/h2-10,12H,11,21H2,1H3,(H,24,28)(H,27,29)(H2,22,23,25,26). The molecule has 0 spiro atoms. The van der Waals surface area contributed by atoms with Gasteiger partial charge in [-0.05, 0) is 24.1 Å². The molecule has 9 heteroatoms. The van der Waals surface area contributed by atoms with Gasteiger partial charge in [0, 0.05) is 5.56 Å². The van der Waals surface area contributed by atoms with Crippen LogP contribution in [0, 0.1) is 6.92 Å². The van der Waals surface area contributed by atoms with E-state index in [0.717, 1.165) is 11.1 Å². The van der Waals surface area contributed by atoms with Crippen LogP contribution in [-0.2, 0) is 11.2 Å². The molecule has 0 aliphatic rings. The van der Waals surface area contributed by atoms with Crippen LogP contribution in [0.1, 0.15) is 21.5 Å². The molecule has 0 aliphatic heterocycles. The minimum Gasteiger partial charge on any atom is -0.393 e. The predicted octanol–water partition coefficient (Wildman–Crippen LogP) is 1.81. The summed E-state index contributed by atoms with van der Waals surface area (Å²) in [6.07, 6.45) is 1.46. The molecule has 0 saturated carbocycles. The zero-order chi connectivity index (χ0) is 20.6. The number of nitrogens with one attached hydrogen (secondary N) is 4. The van der Waals surface area contributed by atoms with Crippen LogP contribution in [0.5, 0.6) is 0 Å². The summed E-state index contributed by atoms with van der Waals surface area (Å²) in [5.41, 5.74) is 18.8. The summed E-state index contributed by atoms with van der Waals surface area (Å²) >= 11 is 0. The lowest BCUT2D eigenvalue weighted by Gasteiger charge is -2.14. The number of carbonyl (C=O) groups is 2. The molecule has 6 N–H and O–H groups in total. The van der Waals surface area contributed by atoms with Crippen molar-refractivity contribution in [1.29, 1.82) is 0 Å². The molecule has 9 nitrogen and oxygen atoms in total. The molecule has 0 fully saturated rings. The number of hydrogen-bond acceptors (Lipinski definition) is 7. The molecule has 29 heavy (non-hydrogen) atoms. The monoisotopic (exact) mass is 391 g/mol. The molecule has 0 atom stereocenters. The first-order valence-corrected chi connectivity index (χ1v) is 8.86. The number of amides is 2. The van der Waals surface area contributed by atoms with Crippen LogP contribution in [0.4, 0.5) is 17.3 Å². The van der Waals surface area contributed by atoms with Crippen molar-refractivity contribution >= 4 is 29.1 Å². The summed E-state index contributed by atoms with van der Waals surface area (Å²) in [4.78, 5) is 32.4. The highest BCUT2D eigenvalue weighted by atomic mass is 16.2. The molecule has 3 rings (SSSR count). The third-order valence-electron chi connectivity index (χ3n) is 4.10. The van der Waals surface area contributed by atoms with Gasteiger partial charge in [-0.15, -0.1) is 0 Å². The maximum Gasteiger partial charge on any atom is 0.269 e. The van der Waals surface area contributed by atoms with E-state index in [-0.39, 0.29) is 35.6 Å². The first-order valence-electron chi connectivity index (χ1n) is 8.86. The molecule has 0 bridgehead atoms. The highest BCUT2D eigenvalue weighted by Crippen LogP contribution is 2.21. The van der Waals surface area contributed by atoms with Crippen LogP contribution in [0.25, 0.3) is 0 Å². The summed E-state index contributed by atoms with van der Waals surface area (Å²) < 4.78 is 0. The van der Waals surface area contributed by atoms with Gasteiger partial charge >= 0.3 is 0 Å². The molecule has 1 aromatic heterocycles. The third-order valence-corrected chi connectivity index (χ3v) is 4.10. The van der Waals surface area contributed by atoms with E-state index in [9.17, 15) is 9.59 Å². The highest BCUT2D eigenvalue weighted by Gasteiger charge is 2.12. The Hall–Kier alpha value is -4.14. The number of nitrogen functional groups attached to an aromatic ring is 1. The minimum atomic E-state index is -0.327. The zero-order valence-electron chi connectivity index (χ0n) is 15.8. The summed E-state index contributed by atoms with van der Waals surface area (Å²) in [5.74, 6) is -0.181. The molecule has 0 unspecified atom stereocenters. The van der Waals surface area contributed by atoms with Crippen LogP contribution in [-0.4, -0.2) is 21.8 Å². The number of benzene rings is 2. The lowest BCUT2D eigenvalue weighted by molar-refractivity contribution is -0.119. The van der Waals surface area contributed by atoms with Gasteiger partial charge < -0.3 is 5.73 Å². The summed E-state index contributed by atoms with van der Waals surface area (Å²) in [7, 11) is 0. The number of nitrogens with zero attached hydrogens (tertiary/aromatic N) is 2. The number of aryl methyl sites for hydroxylation is 1. The van der Waals surface area contributed by atoms with Crippen LogP contribution in [0.3, 0.4) is 0 Å². The number of aromatic nitrogens is 2. The quantitative estimate of drug-likeness (QED) is 0.388. The van der Waals surface area contributed by atoms with Crippen LogP contribution >= 0.6 is 0 Å². The van der Waals surface area contributed by atoms with Crippen molar-refractivity contribution in [2.24, 2.45) is 0 Å². The second-order valence-corrected chi connectivity index (χ2v) is 6.21. The molecule has 2 amide bonds. The molecule has 1 heterocycles. The second-order valence-electron chi connectivity index (χ2n) is 6.21. The van der Waals surface area contributed by atoms with E-state index in [1.54, 1.807) is 12.1 Å². The fourth-order valence-corrected chi connectivity index (χ4v) is 2.56. The summed E-state index contributed by atoms with van der Waals surface area (Å²) in [6.45, 7) is 1.84. The Balaban J connectivity index is 1.58. The van der Waals surface area contributed by atoms with E-state index in [0.29, 0.717) is 5.56 Å². The lowest BCUT2D eigenvalue weighted by Crippen LogP contribution is -2.33. The lowest BCUT2D eigenvalue weighted by atomic mass is 10.1. The minimum absolute atomic E-state index is 0.137. The van der Waals surface area contributed by atoms with Crippen molar-refractivity contribution in [3.8, 4) is 0 Å². The number of rotatable bonds is 7. The number of carbonyl (C=O) groups excluding carboxylic acids is 2. The molecular weight excluding hydrogens is 370 g/mol. The summed E-state index contributed by atoms with van der Waals surface area (Å²) in [6, 6.07) is 16.5. The molecule has 0 radical (unpaired) electrons. The van der Waals surface area contributed by atoms with Gasteiger partial charge in [-0.1, -0.05) is 48.5 Å². The largest absolute Gasteiger partial charge is 0.393 e. The van der Waals surface area contributed by atoms with E-state index in [2.05, 4.69) is 31.7 Å². The van der Waals surface area contributed by atoms with Gasteiger partial charge in [0.25, 0.3) is 5.91 Å². The van der Waals surface area contributed by atoms with Crippen LogP contribution in [0.2, 0.25) is 0 Å². The Morgan fingerprint density at radius 2 is 1.52 bits per heavy atom. The van der Waals surface area contributed by atoms with Crippen molar-refractivity contribution in [3.63, 3.8) is 0 Å². The Bertz CT molecular complexity index is 1010. The molecule has 3 aromatic rings. The van der Waals surface area contributed by atoms with Crippen molar-refractivity contribution in [1.82, 2.24) is 20.8 Å². The number of anilines is 3.